The van der Waals surface area contributed by atoms with Gasteiger partial charge in [0.05, 0.1) is 6.61 Å². The smallest absolute Gasteiger partial charge is 0.297 e. The Kier molecular flexibility index (Phi) is 3.16. The van der Waals surface area contributed by atoms with Gasteiger partial charge < -0.3 is 19.3 Å². The normalized spacial score (nSPS) is 25.7. The number of hydrogen-bond donors (Lipinski definition) is 1. The van der Waals surface area contributed by atoms with Crippen LogP contribution < -0.4 is 4.90 Å². The number of oxazole rings is 1. The zero-order chi connectivity index (χ0) is 11.7. The average molecular weight is 225 g/mol. The number of anilines is 1. The average Bonchev–Trinajstić information content (AvgIpc) is 2.83. The summed E-state index contributed by atoms with van der Waals surface area (Å²) < 4.78 is 5.35. The van der Waals surface area contributed by atoms with E-state index in [4.69, 9.17) is 9.52 Å². The van der Waals surface area contributed by atoms with Crippen molar-refractivity contribution in [1.82, 2.24) is 9.88 Å². The van der Waals surface area contributed by atoms with Crippen LogP contribution in [0.1, 0.15) is 12.6 Å². The number of hydrogen-bond acceptors (Lipinski definition) is 5. The summed E-state index contributed by atoms with van der Waals surface area (Å²) in [4.78, 5) is 8.60. The van der Waals surface area contributed by atoms with Crippen LogP contribution in [-0.2, 0) is 6.61 Å². The molecule has 1 N–H and O–H groups in total. The van der Waals surface area contributed by atoms with Gasteiger partial charge in [0.25, 0.3) is 6.01 Å². The zero-order valence-electron chi connectivity index (χ0n) is 10.1. The molecule has 1 aliphatic heterocycles. The fourth-order valence-electron chi connectivity index (χ4n) is 2.29. The van der Waals surface area contributed by atoms with Crippen LogP contribution in [-0.4, -0.2) is 48.2 Å². The van der Waals surface area contributed by atoms with Crippen molar-refractivity contribution in [3.05, 3.63) is 12.0 Å². The van der Waals surface area contributed by atoms with Gasteiger partial charge in [-0.15, -0.1) is 0 Å². The van der Waals surface area contributed by atoms with Crippen molar-refractivity contribution in [2.24, 2.45) is 5.92 Å². The van der Waals surface area contributed by atoms with Crippen molar-refractivity contribution in [3.63, 3.8) is 0 Å². The SMILES string of the molecule is CC1CN(c2nc(CO)co2)CC1N(C)C. The maximum absolute atomic E-state index is 8.94. The molecule has 16 heavy (non-hydrogen) atoms. The Morgan fingerprint density at radius 1 is 1.56 bits per heavy atom. The highest BCUT2D eigenvalue weighted by Crippen LogP contribution is 2.25. The van der Waals surface area contributed by atoms with Crippen LogP contribution >= 0.6 is 0 Å². The van der Waals surface area contributed by atoms with Crippen molar-refractivity contribution in [1.29, 1.82) is 0 Å². The Morgan fingerprint density at radius 2 is 2.31 bits per heavy atom. The lowest BCUT2D eigenvalue weighted by Gasteiger charge is -2.22. The first-order valence-corrected chi connectivity index (χ1v) is 5.58. The third-order valence-electron chi connectivity index (χ3n) is 3.21. The van der Waals surface area contributed by atoms with Gasteiger partial charge >= 0.3 is 0 Å². The molecule has 0 spiro atoms. The Hall–Kier alpha value is -1.07. The van der Waals surface area contributed by atoms with Gasteiger partial charge in [-0.3, -0.25) is 0 Å². The minimum Gasteiger partial charge on any atom is -0.432 e. The van der Waals surface area contributed by atoms with Crippen LogP contribution in [0.3, 0.4) is 0 Å². The summed E-state index contributed by atoms with van der Waals surface area (Å²) in [5, 5.41) is 8.94. The number of rotatable bonds is 3. The molecular formula is C11H19N3O2. The van der Waals surface area contributed by atoms with Gasteiger partial charge in [-0.25, -0.2) is 0 Å². The lowest BCUT2D eigenvalue weighted by Crippen LogP contribution is -2.34. The molecule has 1 fully saturated rings. The van der Waals surface area contributed by atoms with Gasteiger partial charge in [-0.05, 0) is 20.0 Å². The first kappa shape index (κ1) is 11.4. The predicted molar refractivity (Wildman–Crippen MR) is 61.3 cm³/mol. The fraction of sp³-hybridized carbons (Fsp3) is 0.727. The van der Waals surface area contributed by atoms with E-state index >= 15 is 0 Å². The predicted octanol–water partition coefficient (Wildman–Crippen LogP) is 0.553. The van der Waals surface area contributed by atoms with Crippen LogP contribution in [0.5, 0.6) is 0 Å². The van der Waals surface area contributed by atoms with E-state index in [1.54, 1.807) is 0 Å². The third kappa shape index (κ3) is 2.05. The molecule has 2 rings (SSSR count). The highest BCUT2D eigenvalue weighted by Gasteiger charge is 2.33. The minimum absolute atomic E-state index is 0.0655. The third-order valence-corrected chi connectivity index (χ3v) is 3.21. The molecule has 0 bridgehead atoms. The topological polar surface area (TPSA) is 52.7 Å². The van der Waals surface area contributed by atoms with Gasteiger partial charge in [0.2, 0.25) is 0 Å². The molecule has 5 heteroatoms. The van der Waals surface area contributed by atoms with Gasteiger partial charge in [-0.1, -0.05) is 6.92 Å². The molecule has 1 aromatic heterocycles. The highest BCUT2D eigenvalue weighted by atomic mass is 16.4. The second-order valence-corrected chi connectivity index (χ2v) is 4.69. The Bertz CT molecular complexity index is 351. The molecule has 90 valence electrons. The summed E-state index contributed by atoms with van der Waals surface area (Å²) in [6.07, 6.45) is 1.52. The largest absolute Gasteiger partial charge is 0.432 e. The van der Waals surface area contributed by atoms with Crippen molar-refractivity contribution in [3.8, 4) is 0 Å². The summed E-state index contributed by atoms with van der Waals surface area (Å²) in [6.45, 7) is 4.05. The number of likely N-dealkylation sites (N-methyl/N-ethyl adjacent to an activating group) is 1. The Labute approximate surface area is 95.7 Å². The first-order valence-electron chi connectivity index (χ1n) is 5.58. The number of aromatic nitrogens is 1. The van der Waals surface area contributed by atoms with E-state index in [9.17, 15) is 0 Å². The maximum atomic E-state index is 8.94. The number of nitrogens with zero attached hydrogens (tertiary/aromatic N) is 3. The van der Waals surface area contributed by atoms with E-state index in [-0.39, 0.29) is 6.61 Å². The molecule has 0 aliphatic carbocycles. The van der Waals surface area contributed by atoms with Crippen LogP contribution in [0.4, 0.5) is 6.01 Å². The molecule has 0 saturated carbocycles. The van der Waals surface area contributed by atoms with Crippen LogP contribution in [0.2, 0.25) is 0 Å². The maximum Gasteiger partial charge on any atom is 0.297 e. The van der Waals surface area contributed by atoms with Crippen molar-refractivity contribution in [2.75, 3.05) is 32.1 Å². The molecule has 1 aromatic rings. The number of aliphatic hydroxyl groups is 1. The van der Waals surface area contributed by atoms with Crippen molar-refractivity contribution >= 4 is 6.01 Å². The molecule has 5 nitrogen and oxygen atoms in total. The van der Waals surface area contributed by atoms with E-state index in [1.165, 1.54) is 6.26 Å². The molecule has 1 saturated heterocycles. The monoisotopic (exact) mass is 225 g/mol. The van der Waals surface area contributed by atoms with E-state index in [2.05, 4.69) is 35.8 Å². The van der Waals surface area contributed by atoms with Crippen LogP contribution in [0, 0.1) is 5.92 Å². The van der Waals surface area contributed by atoms with Gasteiger partial charge in [0.1, 0.15) is 12.0 Å². The summed E-state index contributed by atoms with van der Waals surface area (Å²) in [7, 11) is 4.19. The highest BCUT2D eigenvalue weighted by molar-refractivity contribution is 5.30. The Morgan fingerprint density at radius 3 is 2.81 bits per heavy atom. The molecule has 2 heterocycles. The summed E-state index contributed by atoms with van der Waals surface area (Å²) in [5.41, 5.74) is 0.593. The quantitative estimate of drug-likeness (QED) is 0.814. The minimum atomic E-state index is -0.0655. The summed E-state index contributed by atoms with van der Waals surface area (Å²) >= 11 is 0. The molecule has 0 aromatic carbocycles. The lowest BCUT2D eigenvalue weighted by atomic mass is 10.1. The zero-order valence-corrected chi connectivity index (χ0v) is 10.1. The van der Waals surface area contributed by atoms with Gasteiger partial charge in [0.15, 0.2) is 0 Å². The fourth-order valence-corrected chi connectivity index (χ4v) is 2.29. The standard InChI is InChI=1S/C11H19N3O2/c1-8-4-14(5-10(8)13(2)3)11-12-9(6-15)7-16-11/h7-8,10,15H,4-6H2,1-3H3. The second kappa shape index (κ2) is 4.43. The van der Waals surface area contributed by atoms with Gasteiger partial charge in [-0.2, -0.15) is 4.98 Å². The van der Waals surface area contributed by atoms with E-state index < -0.39 is 0 Å². The van der Waals surface area contributed by atoms with Crippen molar-refractivity contribution in [2.45, 2.75) is 19.6 Å². The van der Waals surface area contributed by atoms with Crippen LogP contribution in [0.15, 0.2) is 10.7 Å². The Balaban J connectivity index is 2.07. The summed E-state index contributed by atoms with van der Waals surface area (Å²) in [6, 6.07) is 1.16. The second-order valence-electron chi connectivity index (χ2n) is 4.69. The molecule has 0 amide bonds. The molecule has 1 aliphatic rings. The molecule has 2 atom stereocenters. The van der Waals surface area contributed by atoms with Gasteiger partial charge in [0, 0.05) is 19.1 Å². The van der Waals surface area contributed by atoms with E-state index in [0.29, 0.717) is 23.7 Å². The summed E-state index contributed by atoms with van der Waals surface area (Å²) in [5.74, 6) is 0.597. The lowest BCUT2D eigenvalue weighted by molar-refractivity contribution is 0.266. The van der Waals surface area contributed by atoms with E-state index in [1.807, 2.05) is 0 Å². The number of aliphatic hydroxyl groups excluding tert-OH is 1. The van der Waals surface area contributed by atoms with Crippen LogP contribution in [0.25, 0.3) is 0 Å². The van der Waals surface area contributed by atoms with Crippen molar-refractivity contribution < 1.29 is 9.52 Å². The molecular weight excluding hydrogens is 206 g/mol. The van der Waals surface area contributed by atoms with E-state index in [0.717, 1.165) is 13.1 Å². The first-order chi connectivity index (χ1) is 7.61. The molecule has 2 unspecified atom stereocenters. The molecule has 0 radical (unpaired) electrons.